The lowest BCUT2D eigenvalue weighted by molar-refractivity contribution is -0.117. The van der Waals surface area contributed by atoms with Crippen molar-refractivity contribution in [2.24, 2.45) is 5.10 Å². The van der Waals surface area contributed by atoms with E-state index in [0.29, 0.717) is 15.3 Å². The number of nitrogens with zero attached hydrogens (tertiary/aromatic N) is 4. The van der Waals surface area contributed by atoms with Crippen LogP contribution in [-0.2, 0) is 16.1 Å². The molecule has 0 spiro atoms. The predicted molar refractivity (Wildman–Crippen MR) is 162 cm³/mol. The number of fused-ring (bicyclic) bond motifs is 1. The first-order chi connectivity index (χ1) is 19.0. The number of halogens is 3. The molecular weight excluding hydrogens is 617 g/mol. The smallest absolute Gasteiger partial charge is 0.285 e. The second kappa shape index (κ2) is 11.0. The number of methoxy groups -OCH3 is 1. The third-order valence-electron chi connectivity index (χ3n) is 5.97. The van der Waals surface area contributed by atoms with E-state index in [1.54, 1.807) is 13.2 Å². The van der Waals surface area contributed by atoms with Gasteiger partial charge in [-0.25, -0.2) is 0 Å². The Kier molecular flexibility index (Phi) is 7.77. The molecule has 9 nitrogen and oxygen atoms in total. The van der Waals surface area contributed by atoms with Gasteiger partial charge >= 0.3 is 0 Å². The summed E-state index contributed by atoms with van der Waals surface area (Å²) in [6, 6.07) is 8.52. The summed E-state index contributed by atoms with van der Waals surface area (Å²) in [4.78, 5) is 42.7. The van der Waals surface area contributed by atoms with Gasteiger partial charge in [0.25, 0.3) is 11.5 Å². The van der Waals surface area contributed by atoms with Crippen LogP contribution in [0.4, 0.5) is 11.4 Å². The van der Waals surface area contributed by atoms with Gasteiger partial charge in [-0.3, -0.25) is 19.0 Å². The van der Waals surface area contributed by atoms with Crippen molar-refractivity contribution >= 4 is 97.5 Å². The Morgan fingerprint density at radius 2 is 1.88 bits per heavy atom. The van der Waals surface area contributed by atoms with E-state index < -0.39 is 11.8 Å². The highest BCUT2D eigenvalue weighted by molar-refractivity contribution is 8.08. The van der Waals surface area contributed by atoms with Crippen molar-refractivity contribution in [2.45, 2.75) is 18.4 Å². The molecule has 1 aromatic heterocycles. The Bertz CT molecular complexity index is 1810. The van der Waals surface area contributed by atoms with Crippen LogP contribution >= 0.6 is 57.9 Å². The fourth-order valence-corrected chi connectivity index (χ4v) is 7.67. The van der Waals surface area contributed by atoms with Gasteiger partial charge < -0.3 is 15.0 Å². The molecule has 1 N–H and O–H groups in total. The van der Waals surface area contributed by atoms with Gasteiger partial charge in [-0.2, -0.15) is 5.01 Å². The number of benzene rings is 2. The van der Waals surface area contributed by atoms with Crippen molar-refractivity contribution in [2.75, 3.05) is 24.1 Å². The van der Waals surface area contributed by atoms with Gasteiger partial charge in [0.15, 0.2) is 5.84 Å². The number of anilines is 2. The molecule has 3 heterocycles. The summed E-state index contributed by atoms with van der Waals surface area (Å²) < 4.78 is 7.48. The fourth-order valence-electron chi connectivity index (χ4n) is 4.22. The van der Waals surface area contributed by atoms with Crippen molar-refractivity contribution < 1.29 is 14.3 Å². The number of hydrogen-bond acceptors (Lipinski definition) is 8. The summed E-state index contributed by atoms with van der Waals surface area (Å²) in [6.07, 6.45) is 1.55. The van der Waals surface area contributed by atoms with Crippen LogP contribution in [0.15, 0.2) is 57.8 Å². The highest BCUT2D eigenvalue weighted by Gasteiger charge is 2.37. The molecule has 0 fully saturated rings. The number of hydrazone groups is 1. The SMILES string of the molecule is C=CCn1c(=C2C(=O)N(c3c(Cl)cc(Cl)cc3Cl)N=C2NC(C)=O)sc(=C2Sc3ccc(OC)cc3N2C)c1=O. The van der Waals surface area contributed by atoms with Crippen molar-refractivity contribution in [3.63, 3.8) is 0 Å². The highest BCUT2D eigenvalue weighted by Crippen LogP contribution is 2.46. The second-order valence-electron chi connectivity index (χ2n) is 8.58. The van der Waals surface area contributed by atoms with Gasteiger partial charge in [0.2, 0.25) is 5.91 Å². The van der Waals surface area contributed by atoms with Crippen LogP contribution in [0, 0.1) is 0 Å². The van der Waals surface area contributed by atoms with E-state index in [1.807, 2.05) is 30.1 Å². The Hall–Kier alpha value is -3.22. The number of allylic oxidation sites excluding steroid dienone is 1. The van der Waals surface area contributed by atoms with Crippen LogP contribution < -0.4 is 34.7 Å². The van der Waals surface area contributed by atoms with E-state index in [4.69, 9.17) is 39.5 Å². The number of amides is 2. The lowest BCUT2D eigenvalue weighted by Crippen LogP contribution is -2.37. The van der Waals surface area contributed by atoms with Crippen molar-refractivity contribution in [3.05, 3.63) is 77.6 Å². The van der Waals surface area contributed by atoms with E-state index in [2.05, 4.69) is 17.0 Å². The zero-order valence-corrected chi connectivity index (χ0v) is 25.2. The molecule has 0 bridgehead atoms. The molecule has 40 heavy (non-hydrogen) atoms. The van der Waals surface area contributed by atoms with E-state index in [0.717, 1.165) is 26.9 Å². The summed E-state index contributed by atoms with van der Waals surface area (Å²) in [5, 5.41) is 9.07. The van der Waals surface area contributed by atoms with E-state index in [9.17, 15) is 14.4 Å². The van der Waals surface area contributed by atoms with Crippen LogP contribution in [0.1, 0.15) is 6.92 Å². The van der Waals surface area contributed by atoms with Crippen LogP contribution in [0.5, 0.6) is 5.75 Å². The number of aromatic nitrogens is 1. The molecule has 2 amide bonds. The number of hydrogen-bond donors (Lipinski definition) is 1. The second-order valence-corrected chi connectivity index (χ2v) is 11.9. The third kappa shape index (κ3) is 4.82. The first-order valence-electron chi connectivity index (χ1n) is 11.6. The van der Waals surface area contributed by atoms with E-state index in [-0.39, 0.29) is 48.9 Å². The molecule has 14 heteroatoms. The summed E-state index contributed by atoms with van der Waals surface area (Å²) in [6.45, 7) is 5.18. The van der Waals surface area contributed by atoms with Crippen LogP contribution in [0.2, 0.25) is 15.1 Å². The monoisotopic (exact) mass is 635 g/mol. The normalized spacial score (nSPS) is 17.2. The molecule has 2 aliphatic rings. The maximum Gasteiger partial charge on any atom is 0.285 e. The summed E-state index contributed by atoms with van der Waals surface area (Å²) >= 11 is 21.4. The van der Waals surface area contributed by atoms with Crippen molar-refractivity contribution in [1.29, 1.82) is 0 Å². The number of thioether (sulfide) groups is 1. The number of ether oxygens (including phenoxy) is 1. The average molecular weight is 637 g/mol. The Labute approximate surface area is 251 Å². The summed E-state index contributed by atoms with van der Waals surface area (Å²) in [5.41, 5.74) is 0.664. The minimum Gasteiger partial charge on any atom is -0.497 e. The van der Waals surface area contributed by atoms with Crippen molar-refractivity contribution in [3.8, 4) is 5.75 Å². The topological polar surface area (TPSA) is 96.2 Å². The fraction of sp³-hybridized carbons (Fsp3) is 0.154. The molecule has 5 rings (SSSR count). The Balaban J connectivity index is 1.77. The third-order valence-corrected chi connectivity index (χ3v) is 9.32. The number of carbonyl (C=O) groups excluding carboxylic acids is 2. The standard InChI is InChI=1S/C26H20Cl3N5O4S2/c1-5-8-33-24(37)21(26-32(3)17-11-14(38-4)6-7-18(17)39-26)40-25(33)19-22(30-12(2)35)31-34(23(19)36)20-15(28)9-13(27)10-16(20)29/h5-7,9-11H,1,8H2,2-4H3,(H,30,31,35). The number of nitrogens with one attached hydrogen (secondary N) is 1. The number of thiazole rings is 1. The first kappa shape index (κ1) is 28.3. The molecule has 0 saturated carbocycles. The van der Waals surface area contributed by atoms with Crippen LogP contribution in [0.25, 0.3) is 10.6 Å². The Morgan fingerprint density at radius 1 is 1.18 bits per heavy atom. The van der Waals surface area contributed by atoms with Gasteiger partial charge in [0.05, 0.1) is 22.8 Å². The van der Waals surface area contributed by atoms with E-state index in [1.165, 1.54) is 35.4 Å². The number of amidine groups is 1. The summed E-state index contributed by atoms with van der Waals surface area (Å²) in [5.74, 6) is -0.452. The maximum absolute atomic E-state index is 13.9. The van der Waals surface area contributed by atoms with Gasteiger partial charge in [-0.05, 0) is 24.3 Å². The number of rotatable bonds is 4. The zero-order chi connectivity index (χ0) is 28.9. The van der Waals surface area contributed by atoms with Gasteiger partial charge in [0, 0.05) is 36.5 Å². The molecule has 2 aliphatic heterocycles. The van der Waals surface area contributed by atoms with Crippen LogP contribution in [-0.4, -0.2) is 36.4 Å². The predicted octanol–water partition coefficient (Wildman–Crippen LogP) is 4.02. The molecule has 0 atom stereocenters. The van der Waals surface area contributed by atoms with Crippen LogP contribution in [0.3, 0.4) is 0 Å². The molecule has 0 saturated heterocycles. The quantitative estimate of drug-likeness (QED) is 0.435. The minimum absolute atomic E-state index is 0.0120. The molecule has 0 radical (unpaired) electrons. The molecule has 3 aromatic rings. The first-order valence-corrected chi connectivity index (χ1v) is 14.4. The molecule has 0 aliphatic carbocycles. The number of carbonyl (C=O) groups is 2. The highest BCUT2D eigenvalue weighted by atomic mass is 35.5. The molecule has 206 valence electrons. The van der Waals surface area contributed by atoms with Crippen molar-refractivity contribution in [1.82, 2.24) is 9.88 Å². The molecular formula is C26H20Cl3N5O4S2. The lowest BCUT2D eigenvalue weighted by Gasteiger charge is -2.15. The Morgan fingerprint density at radius 3 is 2.50 bits per heavy atom. The maximum atomic E-state index is 13.9. The molecule has 2 aromatic carbocycles. The lowest BCUT2D eigenvalue weighted by atomic mass is 10.2. The van der Waals surface area contributed by atoms with Gasteiger partial charge in [-0.15, -0.1) is 23.0 Å². The summed E-state index contributed by atoms with van der Waals surface area (Å²) in [7, 11) is 3.44. The average Bonchev–Trinajstić information content (AvgIpc) is 3.49. The zero-order valence-electron chi connectivity index (χ0n) is 21.3. The largest absolute Gasteiger partial charge is 0.497 e. The van der Waals surface area contributed by atoms with E-state index >= 15 is 0 Å². The van der Waals surface area contributed by atoms with Gasteiger partial charge in [0.1, 0.15) is 31.2 Å². The minimum atomic E-state index is -0.633. The van der Waals surface area contributed by atoms with Gasteiger partial charge in [-0.1, -0.05) is 52.6 Å². The molecule has 0 unspecified atom stereocenters.